The Morgan fingerprint density at radius 2 is 1.68 bits per heavy atom. The van der Waals surface area contributed by atoms with Crippen molar-refractivity contribution in [3.63, 3.8) is 0 Å². The van der Waals surface area contributed by atoms with Crippen molar-refractivity contribution in [2.75, 3.05) is 33.2 Å². The lowest BCUT2D eigenvalue weighted by molar-refractivity contribution is -0.142. The first-order valence-corrected chi connectivity index (χ1v) is 14.6. The fourth-order valence-electron chi connectivity index (χ4n) is 6.15. The van der Waals surface area contributed by atoms with E-state index in [1.54, 1.807) is 12.1 Å². The zero-order valence-electron chi connectivity index (χ0n) is 23.0. The van der Waals surface area contributed by atoms with Crippen molar-refractivity contribution in [2.45, 2.75) is 57.3 Å². The molecule has 222 valence electrons. The second kappa shape index (κ2) is 11.4. The molecular formula is C30H33Cl2F4N3O2. The first-order chi connectivity index (χ1) is 19.3. The predicted octanol–water partition coefficient (Wildman–Crippen LogP) is 6.62. The molecular weight excluding hydrogens is 581 g/mol. The van der Waals surface area contributed by atoms with Crippen LogP contribution in [0.3, 0.4) is 0 Å². The van der Waals surface area contributed by atoms with Gasteiger partial charge in [-0.2, -0.15) is 13.2 Å². The number of halogens is 6. The summed E-state index contributed by atoms with van der Waals surface area (Å²) < 4.78 is 53.4. The third-order valence-corrected chi connectivity index (χ3v) is 9.70. The first-order valence-electron chi connectivity index (χ1n) is 13.9. The summed E-state index contributed by atoms with van der Waals surface area (Å²) in [5.74, 6) is -1.42. The normalized spacial score (nSPS) is 22.9. The summed E-state index contributed by atoms with van der Waals surface area (Å²) in [5, 5.41) is 0.800. The summed E-state index contributed by atoms with van der Waals surface area (Å²) in [7, 11) is 1.82. The number of amides is 2. The molecule has 2 aromatic carbocycles. The lowest BCUT2D eigenvalue weighted by Gasteiger charge is -2.34. The Bertz CT molecular complexity index is 1330. The maximum absolute atomic E-state index is 14.3. The summed E-state index contributed by atoms with van der Waals surface area (Å²) in [6, 6.07) is 8.13. The number of likely N-dealkylation sites (N-methyl/N-ethyl adjacent to an activating group) is 1. The minimum Gasteiger partial charge on any atom is -0.342 e. The van der Waals surface area contributed by atoms with E-state index in [0.29, 0.717) is 54.6 Å². The SMILES string of the molecule is CN(Cc1ccc(C(F)(F)F)c(F)c1)C1CN(C(=O)C2CCN(C(=O)C3(C)CC3)CC2)C[C@@H]1c1ccc(Cl)c(Cl)c1. The molecule has 0 radical (unpaired) electrons. The average molecular weight is 615 g/mol. The zero-order chi connectivity index (χ0) is 29.7. The van der Waals surface area contributed by atoms with E-state index in [1.807, 2.05) is 34.7 Å². The second-order valence-electron chi connectivity index (χ2n) is 11.9. The van der Waals surface area contributed by atoms with Crippen LogP contribution in [0, 0.1) is 17.2 Å². The van der Waals surface area contributed by atoms with Crippen LogP contribution in [0.25, 0.3) is 0 Å². The highest BCUT2D eigenvalue weighted by molar-refractivity contribution is 6.42. The van der Waals surface area contributed by atoms with Crippen LogP contribution in [0.5, 0.6) is 0 Å². The number of hydrogen-bond donors (Lipinski definition) is 0. The maximum atomic E-state index is 14.3. The molecule has 3 fully saturated rings. The fraction of sp³-hybridized carbons (Fsp3) is 0.533. The number of hydrogen-bond acceptors (Lipinski definition) is 3. The van der Waals surface area contributed by atoms with Gasteiger partial charge in [0.05, 0.1) is 15.6 Å². The van der Waals surface area contributed by atoms with Crippen molar-refractivity contribution in [3.8, 4) is 0 Å². The molecule has 2 saturated heterocycles. The fourth-order valence-corrected chi connectivity index (χ4v) is 6.45. The van der Waals surface area contributed by atoms with Crippen LogP contribution in [-0.2, 0) is 22.3 Å². The van der Waals surface area contributed by atoms with E-state index < -0.39 is 17.6 Å². The molecule has 5 nitrogen and oxygen atoms in total. The quantitative estimate of drug-likeness (QED) is 0.344. The van der Waals surface area contributed by atoms with Gasteiger partial charge < -0.3 is 9.80 Å². The van der Waals surface area contributed by atoms with Gasteiger partial charge in [-0.25, -0.2) is 4.39 Å². The van der Waals surface area contributed by atoms with Gasteiger partial charge in [-0.05, 0) is 68.1 Å². The van der Waals surface area contributed by atoms with Crippen molar-refractivity contribution in [3.05, 3.63) is 69.0 Å². The van der Waals surface area contributed by atoms with E-state index in [9.17, 15) is 27.2 Å². The van der Waals surface area contributed by atoms with E-state index in [1.165, 1.54) is 6.07 Å². The van der Waals surface area contributed by atoms with Crippen molar-refractivity contribution in [1.82, 2.24) is 14.7 Å². The van der Waals surface area contributed by atoms with E-state index in [4.69, 9.17) is 23.2 Å². The van der Waals surface area contributed by atoms with Gasteiger partial charge in [0, 0.05) is 56.0 Å². The number of benzene rings is 2. The van der Waals surface area contributed by atoms with Gasteiger partial charge in [0.15, 0.2) is 0 Å². The molecule has 2 aromatic rings. The number of nitrogens with zero attached hydrogens (tertiary/aromatic N) is 3. The van der Waals surface area contributed by atoms with Gasteiger partial charge in [-0.1, -0.05) is 42.3 Å². The molecule has 41 heavy (non-hydrogen) atoms. The van der Waals surface area contributed by atoms with Crippen LogP contribution < -0.4 is 0 Å². The lowest BCUT2D eigenvalue weighted by atomic mass is 9.93. The molecule has 2 aliphatic heterocycles. The Balaban J connectivity index is 1.31. The summed E-state index contributed by atoms with van der Waals surface area (Å²) in [6.07, 6.45) is -1.70. The predicted molar refractivity (Wildman–Crippen MR) is 149 cm³/mol. The van der Waals surface area contributed by atoms with Gasteiger partial charge in [-0.3, -0.25) is 14.5 Å². The largest absolute Gasteiger partial charge is 0.419 e. The van der Waals surface area contributed by atoms with E-state index in [0.717, 1.165) is 30.5 Å². The number of alkyl halides is 3. The third kappa shape index (κ3) is 6.37. The smallest absolute Gasteiger partial charge is 0.342 e. The highest BCUT2D eigenvalue weighted by atomic mass is 35.5. The number of rotatable bonds is 6. The Labute approximate surface area is 247 Å². The van der Waals surface area contributed by atoms with E-state index in [-0.39, 0.29) is 41.7 Å². The van der Waals surface area contributed by atoms with E-state index in [2.05, 4.69) is 0 Å². The summed E-state index contributed by atoms with van der Waals surface area (Å²) >= 11 is 12.5. The molecule has 2 atom stereocenters. The maximum Gasteiger partial charge on any atom is 0.419 e. The zero-order valence-corrected chi connectivity index (χ0v) is 24.5. The van der Waals surface area contributed by atoms with Gasteiger partial charge >= 0.3 is 6.18 Å². The Hall–Kier alpha value is -2.36. The monoisotopic (exact) mass is 613 g/mol. The topological polar surface area (TPSA) is 43.9 Å². The van der Waals surface area contributed by atoms with Gasteiger partial charge in [0.1, 0.15) is 5.82 Å². The van der Waals surface area contributed by atoms with Crippen molar-refractivity contribution in [2.24, 2.45) is 11.3 Å². The molecule has 2 amide bonds. The number of carbonyl (C=O) groups is 2. The molecule has 1 unspecified atom stereocenters. The highest BCUT2D eigenvalue weighted by Crippen LogP contribution is 2.47. The minimum absolute atomic E-state index is 0.0382. The van der Waals surface area contributed by atoms with Crippen molar-refractivity contribution >= 4 is 35.0 Å². The molecule has 2 heterocycles. The number of likely N-dealkylation sites (tertiary alicyclic amines) is 2. The van der Waals surface area contributed by atoms with Gasteiger partial charge in [0.2, 0.25) is 11.8 Å². The molecule has 0 bridgehead atoms. The molecule has 5 rings (SSSR count). The summed E-state index contributed by atoms with van der Waals surface area (Å²) in [4.78, 5) is 32.1. The Morgan fingerprint density at radius 1 is 1.00 bits per heavy atom. The third-order valence-electron chi connectivity index (χ3n) is 8.96. The van der Waals surface area contributed by atoms with Crippen molar-refractivity contribution in [1.29, 1.82) is 0 Å². The number of piperidine rings is 1. The molecule has 0 aromatic heterocycles. The molecule has 0 spiro atoms. The van der Waals surface area contributed by atoms with Crippen molar-refractivity contribution < 1.29 is 27.2 Å². The molecule has 11 heteroatoms. The van der Waals surface area contributed by atoms with E-state index >= 15 is 0 Å². The molecule has 0 N–H and O–H groups in total. The van der Waals surface area contributed by atoms with Crippen LogP contribution in [0.1, 0.15) is 55.2 Å². The van der Waals surface area contributed by atoms with Crippen LogP contribution >= 0.6 is 23.2 Å². The van der Waals surface area contributed by atoms with Crippen LogP contribution in [0.4, 0.5) is 17.6 Å². The summed E-state index contributed by atoms with van der Waals surface area (Å²) in [6.45, 7) is 4.16. The minimum atomic E-state index is -4.76. The second-order valence-corrected chi connectivity index (χ2v) is 12.8. The van der Waals surface area contributed by atoms with Crippen LogP contribution in [0.15, 0.2) is 36.4 Å². The molecule has 3 aliphatic rings. The Kier molecular flexibility index (Phi) is 8.36. The van der Waals surface area contributed by atoms with Gasteiger partial charge in [0.25, 0.3) is 0 Å². The first kappa shape index (κ1) is 30.1. The Morgan fingerprint density at radius 3 is 2.27 bits per heavy atom. The highest BCUT2D eigenvalue weighted by Gasteiger charge is 2.48. The van der Waals surface area contributed by atoms with Crippen LogP contribution in [-0.4, -0.2) is 65.8 Å². The molecule has 1 aliphatic carbocycles. The standard InChI is InChI=1S/C30H33Cl2F4N3O2/c1-29(9-10-29)28(41)38-11-7-19(8-12-38)27(40)39-16-21(20-4-6-23(31)24(32)14-20)26(17-39)37(2)15-18-3-5-22(25(33)13-18)30(34,35)36/h3-6,13-14,19,21,26H,7-12,15-17H2,1-2H3/t21-,26?/m1/s1. The lowest BCUT2D eigenvalue weighted by Crippen LogP contribution is -2.46. The van der Waals surface area contributed by atoms with Gasteiger partial charge in [-0.15, -0.1) is 0 Å². The number of carbonyl (C=O) groups excluding carboxylic acids is 2. The molecule has 1 saturated carbocycles. The summed E-state index contributed by atoms with van der Waals surface area (Å²) in [5.41, 5.74) is -0.235. The average Bonchev–Trinajstić information content (AvgIpc) is 3.51. The van der Waals surface area contributed by atoms with Crippen LogP contribution in [0.2, 0.25) is 10.0 Å².